The second-order valence-electron chi connectivity index (χ2n) is 9.19. The van der Waals surface area contributed by atoms with Crippen LogP contribution in [0, 0.1) is 32.1 Å². The Bertz CT molecular complexity index is 1470. The summed E-state index contributed by atoms with van der Waals surface area (Å²) in [6.07, 6.45) is 3.95. The summed E-state index contributed by atoms with van der Waals surface area (Å²) in [6, 6.07) is 23.2. The Hall–Kier alpha value is -3.27. The molecule has 0 saturated carbocycles. The maximum absolute atomic E-state index is 9.46. The Balaban J connectivity index is 1.70. The number of fused-ring (bicyclic) bond motifs is 1. The van der Waals surface area contributed by atoms with E-state index in [1.54, 1.807) is 0 Å². The number of hydrogen-bond donors (Lipinski definition) is 1. The molecule has 1 N–H and O–H groups in total. The summed E-state index contributed by atoms with van der Waals surface area (Å²) < 4.78 is 1.94. The third-order valence-electron chi connectivity index (χ3n) is 6.64. The van der Waals surface area contributed by atoms with E-state index in [0.29, 0.717) is 12.1 Å². The maximum Gasteiger partial charge on any atom is 0.139 e. The lowest BCUT2D eigenvalue weighted by Crippen LogP contribution is -2.33. The molecule has 0 spiro atoms. The zero-order valence-electron chi connectivity index (χ0n) is 20.4. The summed E-state index contributed by atoms with van der Waals surface area (Å²) in [7, 11) is 0. The number of nitrogens with one attached hydrogen (secondary N) is 1. The molecular weight excluding hydrogens is 576 g/mol. The minimum atomic E-state index is 0.636. The van der Waals surface area contributed by atoms with Crippen molar-refractivity contribution in [1.82, 2.24) is 5.32 Å². The third kappa shape index (κ3) is 4.50. The lowest BCUT2D eigenvalue weighted by Gasteiger charge is -2.30. The van der Waals surface area contributed by atoms with Gasteiger partial charge in [-0.2, -0.15) is 5.26 Å². The smallest absolute Gasteiger partial charge is 0.139 e. The zero-order chi connectivity index (χ0) is 25.4. The average molecular weight is 602 g/mol. The molecule has 0 aromatic heterocycles. The predicted octanol–water partition coefficient (Wildman–Crippen LogP) is 7.80. The molecule has 0 amide bonds. The third-order valence-corrected chi connectivity index (χ3v) is 8.65. The zero-order valence-corrected chi connectivity index (χ0v) is 23.6. The van der Waals surface area contributed by atoms with Gasteiger partial charge >= 0.3 is 0 Å². The fraction of sp³-hybridized carbons (Fsp3) is 0.167. The quantitative estimate of drug-likeness (QED) is 0.331. The molecule has 0 atom stereocenters. The molecule has 36 heavy (non-hydrogen) atoms. The molecule has 0 fully saturated rings. The summed E-state index contributed by atoms with van der Waals surface area (Å²) in [5.41, 5.74) is 10.2. The van der Waals surface area contributed by atoms with E-state index in [-0.39, 0.29) is 0 Å². The van der Waals surface area contributed by atoms with E-state index in [9.17, 15) is 5.26 Å². The summed E-state index contributed by atoms with van der Waals surface area (Å²) in [5, 5.41) is 13.0. The Labute approximate surface area is 229 Å². The van der Waals surface area contributed by atoms with Crippen LogP contribution in [0.1, 0.15) is 33.4 Å². The topological polar surface area (TPSA) is 42.3 Å². The van der Waals surface area contributed by atoms with Crippen LogP contribution in [0.15, 0.2) is 93.4 Å². The molecule has 0 radical (unpaired) electrons. The summed E-state index contributed by atoms with van der Waals surface area (Å²) >= 11 is 7.53. The molecule has 6 heteroatoms. The van der Waals surface area contributed by atoms with Crippen LogP contribution in [0.25, 0.3) is 0 Å². The van der Waals surface area contributed by atoms with Crippen LogP contribution in [0.5, 0.6) is 0 Å². The van der Waals surface area contributed by atoms with Gasteiger partial charge in [-0.05, 0) is 105 Å². The van der Waals surface area contributed by atoms with Crippen molar-refractivity contribution < 1.29 is 0 Å². The molecule has 0 bridgehead atoms. The van der Waals surface area contributed by atoms with Gasteiger partial charge in [0.1, 0.15) is 5.82 Å². The van der Waals surface area contributed by atoms with Crippen molar-refractivity contribution in [3.8, 4) is 6.07 Å². The number of allylic oxidation sites excluding steroid dienone is 3. The first kappa shape index (κ1) is 24.4. The maximum atomic E-state index is 9.46. The van der Waals surface area contributed by atoms with Crippen molar-refractivity contribution in [3.05, 3.63) is 127 Å². The molecule has 2 heterocycles. The van der Waals surface area contributed by atoms with Gasteiger partial charge in [0, 0.05) is 17.2 Å². The molecule has 4 nitrogen and oxygen atoms in total. The highest BCUT2D eigenvalue weighted by atomic mass is 79.9. The molecule has 2 aliphatic rings. The van der Waals surface area contributed by atoms with E-state index < -0.39 is 0 Å². The second kappa shape index (κ2) is 10.0. The molecule has 2 aliphatic heterocycles. The van der Waals surface area contributed by atoms with Crippen LogP contribution < -0.4 is 15.1 Å². The van der Waals surface area contributed by atoms with Crippen LogP contribution in [-0.2, 0) is 13.1 Å². The van der Waals surface area contributed by atoms with Crippen LogP contribution >= 0.6 is 31.9 Å². The Morgan fingerprint density at radius 3 is 2.19 bits per heavy atom. The summed E-state index contributed by atoms with van der Waals surface area (Å²) in [6.45, 7) is 7.92. The van der Waals surface area contributed by atoms with Crippen molar-refractivity contribution >= 4 is 43.2 Å². The minimum absolute atomic E-state index is 0.636. The number of benzene rings is 3. The normalized spacial score (nSPS) is 16.8. The van der Waals surface area contributed by atoms with E-state index in [1.165, 1.54) is 22.3 Å². The fourth-order valence-corrected chi connectivity index (χ4v) is 5.79. The Morgan fingerprint density at radius 2 is 1.53 bits per heavy atom. The molecule has 5 rings (SSSR count). The van der Waals surface area contributed by atoms with Gasteiger partial charge < -0.3 is 15.1 Å². The van der Waals surface area contributed by atoms with E-state index in [0.717, 1.165) is 44.0 Å². The van der Waals surface area contributed by atoms with Gasteiger partial charge in [-0.1, -0.05) is 42.0 Å². The van der Waals surface area contributed by atoms with Gasteiger partial charge in [0.25, 0.3) is 0 Å². The van der Waals surface area contributed by atoms with E-state index in [1.807, 2.05) is 30.5 Å². The highest BCUT2D eigenvalue weighted by molar-refractivity contribution is 9.14. The molecule has 180 valence electrons. The van der Waals surface area contributed by atoms with Crippen molar-refractivity contribution in [2.45, 2.75) is 33.9 Å². The fourth-order valence-electron chi connectivity index (χ4n) is 5.04. The molecule has 0 unspecified atom stereocenters. The number of aryl methyl sites for hydroxylation is 3. The Morgan fingerprint density at radius 1 is 0.861 bits per heavy atom. The lowest BCUT2D eigenvalue weighted by atomic mass is 9.99. The monoisotopic (exact) mass is 600 g/mol. The average Bonchev–Trinajstić information content (AvgIpc) is 3.16. The highest BCUT2D eigenvalue weighted by Crippen LogP contribution is 2.46. The van der Waals surface area contributed by atoms with E-state index in [4.69, 9.17) is 0 Å². The first-order chi connectivity index (χ1) is 17.4. The number of rotatable bonds is 4. The largest absolute Gasteiger partial charge is 0.358 e. The number of anilines is 2. The lowest BCUT2D eigenvalue weighted by molar-refractivity contribution is 0.820. The molecule has 0 saturated heterocycles. The molecule has 3 aromatic carbocycles. The number of halogens is 2. The summed E-state index contributed by atoms with van der Waals surface area (Å²) in [5.74, 6) is 1.06. The van der Waals surface area contributed by atoms with Crippen molar-refractivity contribution in [3.63, 3.8) is 0 Å². The van der Waals surface area contributed by atoms with E-state index >= 15 is 0 Å². The van der Waals surface area contributed by atoms with Crippen LogP contribution in [0.2, 0.25) is 0 Å². The minimum Gasteiger partial charge on any atom is -0.358 e. The molecule has 3 aromatic rings. The number of dihydropyridines is 1. The SMILES string of the molecule is Cc1cc(C)c(CN2C(=C3NC=CC(Br)=C3Br)N(Cc3cccc(C#N)c3)c3ccccc32)c(C)c1. The van der Waals surface area contributed by atoms with Gasteiger partial charge in [-0.15, -0.1) is 0 Å². The van der Waals surface area contributed by atoms with Gasteiger partial charge in [-0.25, -0.2) is 0 Å². The van der Waals surface area contributed by atoms with Crippen molar-refractivity contribution in [2.75, 3.05) is 9.80 Å². The summed E-state index contributed by atoms with van der Waals surface area (Å²) in [4.78, 5) is 4.74. The molecular formula is C30H26Br2N4. The standard InChI is InChI=1S/C30H26Br2N4/c1-19-13-20(2)24(21(3)14-19)18-36-27-10-5-4-9-26(27)35(17-23-8-6-7-22(15-23)16-33)30(36)29-28(32)25(31)11-12-34-29/h4-15,34H,17-18H2,1-3H3. The number of para-hydroxylation sites is 2. The second-order valence-corrected chi connectivity index (χ2v) is 10.8. The van der Waals surface area contributed by atoms with Crippen molar-refractivity contribution in [1.29, 1.82) is 5.26 Å². The van der Waals surface area contributed by atoms with Crippen LogP contribution in [-0.4, -0.2) is 0 Å². The first-order valence-corrected chi connectivity index (χ1v) is 13.4. The van der Waals surface area contributed by atoms with Crippen LogP contribution in [0.4, 0.5) is 11.4 Å². The predicted molar refractivity (Wildman–Crippen MR) is 155 cm³/mol. The van der Waals surface area contributed by atoms with Gasteiger partial charge in [-0.3, -0.25) is 0 Å². The van der Waals surface area contributed by atoms with Gasteiger partial charge in [0.15, 0.2) is 0 Å². The highest BCUT2D eigenvalue weighted by Gasteiger charge is 2.35. The van der Waals surface area contributed by atoms with Gasteiger partial charge in [0.05, 0.1) is 39.7 Å². The van der Waals surface area contributed by atoms with Gasteiger partial charge in [0.2, 0.25) is 0 Å². The number of nitriles is 1. The van der Waals surface area contributed by atoms with Crippen LogP contribution in [0.3, 0.4) is 0 Å². The Kier molecular flexibility index (Phi) is 6.79. The van der Waals surface area contributed by atoms with E-state index in [2.05, 4.69) is 116 Å². The first-order valence-electron chi connectivity index (χ1n) is 11.8. The number of nitrogens with zero attached hydrogens (tertiary/aromatic N) is 3. The number of hydrogen-bond acceptors (Lipinski definition) is 4. The molecule has 0 aliphatic carbocycles. The van der Waals surface area contributed by atoms with Crippen molar-refractivity contribution in [2.24, 2.45) is 0 Å².